The van der Waals surface area contributed by atoms with Crippen molar-refractivity contribution in [2.45, 2.75) is 19.8 Å². The summed E-state index contributed by atoms with van der Waals surface area (Å²) in [6, 6.07) is 5.43. The molecule has 1 aromatic rings. The summed E-state index contributed by atoms with van der Waals surface area (Å²) in [6.45, 7) is 2.06. The smallest absolute Gasteiger partial charge is 0.262 e. The van der Waals surface area contributed by atoms with Gasteiger partial charge in [-0.1, -0.05) is 25.5 Å². The van der Waals surface area contributed by atoms with E-state index in [4.69, 9.17) is 0 Å². The summed E-state index contributed by atoms with van der Waals surface area (Å²) >= 11 is 0. The average molecular weight is 205 g/mol. The molecule has 0 bridgehead atoms. The fraction of sp³-hybridized carbons (Fsp3) is 0.273. The maximum Gasteiger partial charge on any atom is 0.262 e. The Hall–Kier alpha value is -1.84. The van der Waals surface area contributed by atoms with E-state index in [2.05, 4.69) is 22.8 Å². The molecule has 0 radical (unpaired) electrons. The highest BCUT2D eigenvalue weighted by Crippen LogP contribution is 1.96. The highest BCUT2D eigenvalue weighted by Gasteiger charge is 1.93. The molecule has 0 saturated heterocycles. The summed E-state index contributed by atoms with van der Waals surface area (Å²) in [6.07, 6.45) is 6.96. The van der Waals surface area contributed by atoms with Gasteiger partial charge in [0.05, 0.1) is 0 Å². The Morgan fingerprint density at radius 1 is 1.53 bits per heavy atom. The third-order valence-corrected chi connectivity index (χ3v) is 1.70. The van der Waals surface area contributed by atoms with Crippen molar-refractivity contribution >= 4 is 11.7 Å². The molecule has 0 unspecified atom stereocenters. The number of unbranched alkanes of at least 4 members (excludes halogenated alkanes) is 1. The number of aromatic nitrogens is 1. The van der Waals surface area contributed by atoms with Crippen LogP contribution in [0.15, 0.2) is 36.5 Å². The first-order valence-corrected chi connectivity index (χ1v) is 4.96. The van der Waals surface area contributed by atoms with Crippen molar-refractivity contribution in [1.82, 2.24) is 10.4 Å². The Balaban J connectivity index is 2.28. The third-order valence-electron chi connectivity index (χ3n) is 1.70. The molecule has 4 heteroatoms. The molecule has 4 nitrogen and oxygen atoms in total. The second-order valence-corrected chi connectivity index (χ2v) is 3.02. The maximum atomic E-state index is 11.2. The number of carbonyl (C=O) groups is 1. The van der Waals surface area contributed by atoms with Gasteiger partial charge in [-0.25, -0.2) is 4.98 Å². The molecule has 15 heavy (non-hydrogen) atoms. The van der Waals surface area contributed by atoms with Crippen molar-refractivity contribution in [3.8, 4) is 0 Å². The Bertz CT molecular complexity index is 322. The summed E-state index contributed by atoms with van der Waals surface area (Å²) < 4.78 is 0. The van der Waals surface area contributed by atoms with Gasteiger partial charge in [-0.15, -0.1) is 0 Å². The topological polar surface area (TPSA) is 54.0 Å². The maximum absolute atomic E-state index is 11.2. The zero-order chi connectivity index (χ0) is 10.9. The number of hydrogen-bond donors (Lipinski definition) is 2. The average Bonchev–Trinajstić information content (AvgIpc) is 2.28. The number of rotatable bonds is 5. The Morgan fingerprint density at radius 2 is 2.40 bits per heavy atom. The molecule has 0 aromatic carbocycles. The molecule has 0 fully saturated rings. The minimum atomic E-state index is -0.172. The Kier molecular flexibility index (Phi) is 4.94. The number of nitrogens with zero attached hydrogens (tertiary/aromatic N) is 1. The van der Waals surface area contributed by atoms with E-state index in [9.17, 15) is 4.79 Å². The largest absolute Gasteiger partial charge is 0.282 e. The molecule has 0 aliphatic rings. The van der Waals surface area contributed by atoms with Gasteiger partial charge in [0.15, 0.2) is 0 Å². The van der Waals surface area contributed by atoms with Crippen molar-refractivity contribution in [2.24, 2.45) is 0 Å². The molecule has 0 aliphatic heterocycles. The minimum absolute atomic E-state index is 0.172. The van der Waals surface area contributed by atoms with E-state index in [-0.39, 0.29) is 5.91 Å². The van der Waals surface area contributed by atoms with Crippen LogP contribution in [0.5, 0.6) is 0 Å². The van der Waals surface area contributed by atoms with E-state index < -0.39 is 0 Å². The summed E-state index contributed by atoms with van der Waals surface area (Å²) in [4.78, 5) is 15.2. The van der Waals surface area contributed by atoms with Crippen LogP contribution >= 0.6 is 0 Å². The number of hydrogen-bond acceptors (Lipinski definition) is 3. The first-order valence-electron chi connectivity index (χ1n) is 4.96. The van der Waals surface area contributed by atoms with Crippen molar-refractivity contribution in [3.63, 3.8) is 0 Å². The highest BCUT2D eigenvalue weighted by molar-refractivity contribution is 5.88. The van der Waals surface area contributed by atoms with Crippen LogP contribution in [-0.4, -0.2) is 10.9 Å². The van der Waals surface area contributed by atoms with Gasteiger partial charge in [0.2, 0.25) is 0 Å². The van der Waals surface area contributed by atoms with E-state index in [1.165, 1.54) is 6.08 Å². The Morgan fingerprint density at radius 3 is 3.07 bits per heavy atom. The molecule has 1 heterocycles. The molecule has 1 amide bonds. The van der Waals surface area contributed by atoms with Gasteiger partial charge in [-0.05, 0) is 18.6 Å². The third kappa shape index (κ3) is 4.81. The van der Waals surface area contributed by atoms with Crippen LogP contribution in [0.1, 0.15) is 19.8 Å². The summed E-state index contributed by atoms with van der Waals surface area (Å²) in [7, 11) is 0. The fourth-order valence-corrected chi connectivity index (χ4v) is 0.961. The van der Waals surface area contributed by atoms with Gasteiger partial charge in [0.25, 0.3) is 5.91 Å². The molecule has 0 saturated carbocycles. The first kappa shape index (κ1) is 11.2. The van der Waals surface area contributed by atoms with Gasteiger partial charge >= 0.3 is 0 Å². The van der Waals surface area contributed by atoms with Gasteiger partial charge in [0.1, 0.15) is 5.82 Å². The zero-order valence-corrected chi connectivity index (χ0v) is 8.73. The Labute approximate surface area is 89.4 Å². The van der Waals surface area contributed by atoms with Crippen LogP contribution in [0, 0.1) is 0 Å². The summed E-state index contributed by atoms with van der Waals surface area (Å²) in [5.74, 6) is 0.448. The van der Waals surface area contributed by atoms with E-state index in [1.54, 1.807) is 12.3 Å². The molecule has 2 N–H and O–H groups in total. The SMILES string of the molecule is CCC/C=C\C(=O)NNc1ccccn1. The lowest BCUT2D eigenvalue weighted by molar-refractivity contribution is -0.116. The molecule has 0 aliphatic carbocycles. The minimum Gasteiger partial charge on any atom is -0.282 e. The van der Waals surface area contributed by atoms with E-state index in [1.807, 2.05) is 18.2 Å². The first-order chi connectivity index (χ1) is 7.33. The molecule has 0 spiro atoms. The lowest BCUT2D eigenvalue weighted by atomic mass is 10.3. The molecule has 1 rings (SSSR count). The molecule has 0 atom stereocenters. The van der Waals surface area contributed by atoms with Gasteiger partial charge in [-0.2, -0.15) is 0 Å². The van der Waals surface area contributed by atoms with Crippen LogP contribution in [0.2, 0.25) is 0 Å². The molecular formula is C11H15N3O. The van der Waals surface area contributed by atoms with Crippen LogP contribution in [0.3, 0.4) is 0 Å². The van der Waals surface area contributed by atoms with Crippen molar-refractivity contribution in [1.29, 1.82) is 0 Å². The van der Waals surface area contributed by atoms with Crippen LogP contribution in [0.4, 0.5) is 5.82 Å². The number of pyridine rings is 1. The highest BCUT2D eigenvalue weighted by atomic mass is 16.2. The molecule has 1 aromatic heterocycles. The normalized spacial score (nSPS) is 10.2. The molecule has 80 valence electrons. The van der Waals surface area contributed by atoms with Crippen LogP contribution in [0.25, 0.3) is 0 Å². The van der Waals surface area contributed by atoms with E-state index in [0.29, 0.717) is 5.82 Å². The zero-order valence-electron chi connectivity index (χ0n) is 8.73. The number of amides is 1. The van der Waals surface area contributed by atoms with E-state index >= 15 is 0 Å². The fourth-order valence-electron chi connectivity index (χ4n) is 0.961. The molecular weight excluding hydrogens is 190 g/mol. The second kappa shape index (κ2) is 6.59. The predicted octanol–water partition coefficient (Wildman–Crippen LogP) is 1.88. The van der Waals surface area contributed by atoms with Crippen molar-refractivity contribution in [2.75, 3.05) is 5.43 Å². The van der Waals surface area contributed by atoms with Crippen molar-refractivity contribution < 1.29 is 4.79 Å². The van der Waals surface area contributed by atoms with Crippen LogP contribution < -0.4 is 10.9 Å². The second-order valence-electron chi connectivity index (χ2n) is 3.02. The number of carbonyl (C=O) groups excluding carboxylic acids is 1. The lowest BCUT2D eigenvalue weighted by Crippen LogP contribution is -2.27. The number of nitrogens with one attached hydrogen (secondary N) is 2. The lowest BCUT2D eigenvalue weighted by Gasteiger charge is -2.04. The predicted molar refractivity (Wildman–Crippen MR) is 60.1 cm³/mol. The standard InChI is InChI=1S/C11H15N3O/c1-2-3-4-8-11(15)14-13-10-7-5-6-9-12-10/h4-9H,2-3H2,1H3,(H,12,13)(H,14,15)/b8-4-. The number of allylic oxidation sites excluding steroid dienone is 1. The quantitative estimate of drug-likeness (QED) is 0.570. The van der Waals surface area contributed by atoms with Crippen LogP contribution in [-0.2, 0) is 4.79 Å². The summed E-state index contributed by atoms with van der Waals surface area (Å²) in [5.41, 5.74) is 5.23. The van der Waals surface area contributed by atoms with Gasteiger partial charge in [0, 0.05) is 12.3 Å². The van der Waals surface area contributed by atoms with E-state index in [0.717, 1.165) is 12.8 Å². The number of hydrazine groups is 1. The van der Waals surface area contributed by atoms with Gasteiger partial charge < -0.3 is 0 Å². The number of anilines is 1. The monoisotopic (exact) mass is 205 g/mol. The van der Waals surface area contributed by atoms with Crippen molar-refractivity contribution in [3.05, 3.63) is 36.5 Å². The summed E-state index contributed by atoms with van der Waals surface area (Å²) in [5, 5.41) is 0. The van der Waals surface area contributed by atoms with Gasteiger partial charge in [-0.3, -0.25) is 15.6 Å².